The molecule has 3 aromatic rings. The van der Waals surface area contributed by atoms with Crippen molar-refractivity contribution in [2.45, 2.75) is 0 Å². The Morgan fingerprint density at radius 1 is 0.783 bits per heavy atom. The Bertz CT molecular complexity index is 787. The third-order valence-electron chi connectivity index (χ3n) is 3.30. The highest BCUT2D eigenvalue weighted by molar-refractivity contribution is 6.30. The first-order valence-corrected chi connectivity index (χ1v) is 7.55. The van der Waals surface area contributed by atoms with Crippen LogP contribution in [0.4, 0.5) is 11.4 Å². The summed E-state index contributed by atoms with van der Waals surface area (Å²) in [5.41, 5.74) is 2.17. The number of aliphatic imine (C=N–C) groups is 1. The van der Waals surface area contributed by atoms with E-state index >= 15 is 0 Å². The Morgan fingerprint density at radius 3 is 1.96 bits per heavy atom. The van der Waals surface area contributed by atoms with Crippen LogP contribution in [0.25, 0.3) is 0 Å². The minimum absolute atomic E-state index is 0.444. The lowest BCUT2D eigenvalue weighted by Gasteiger charge is -2.19. The maximum absolute atomic E-state index is 10.6. The van der Waals surface area contributed by atoms with Gasteiger partial charge in [-0.1, -0.05) is 60.1 Å². The number of halogens is 1. The fourth-order valence-electron chi connectivity index (χ4n) is 2.15. The van der Waals surface area contributed by atoms with E-state index in [1.54, 1.807) is 12.1 Å². The second kappa shape index (κ2) is 7.09. The number of para-hydroxylation sites is 1. The number of benzene rings is 3. The molecule has 0 aliphatic rings. The van der Waals surface area contributed by atoms with E-state index in [2.05, 4.69) is 4.99 Å². The van der Waals surface area contributed by atoms with Crippen LogP contribution in [-0.4, -0.2) is 11.0 Å². The van der Waals surface area contributed by atoms with Gasteiger partial charge < -0.3 is 0 Å². The highest BCUT2D eigenvalue weighted by Crippen LogP contribution is 2.21. The SMILES string of the molecule is ON(C(=Nc1ccc(Cl)cc1)c1ccccc1)c1ccccc1. The first kappa shape index (κ1) is 15.3. The van der Waals surface area contributed by atoms with Crippen molar-refractivity contribution in [3.63, 3.8) is 0 Å². The molecule has 0 aliphatic heterocycles. The minimum atomic E-state index is 0.444. The highest BCUT2D eigenvalue weighted by Gasteiger charge is 2.13. The first-order chi connectivity index (χ1) is 11.2. The molecule has 1 N–H and O–H groups in total. The molecule has 3 rings (SSSR count). The fraction of sp³-hybridized carbons (Fsp3) is 0. The molecule has 0 aliphatic carbocycles. The summed E-state index contributed by atoms with van der Waals surface area (Å²) in [6.07, 6.45) is 0. The van der Waals surface area contributed by atoms with E-state index in [4.69, 9.17) is 11.6 Å². The molecule has 0 heterocycles. The van der Waals surface area contributed by atoms with Crippen LogP contribution in [0.15, 0.2) is 89.9 Å². The highest BCUT2D eigenvalue weighted by atomic mass is 35.5. The Hall–Kier alpha value is -2.62. The Labute approximate surface area is 140 Å². The minimum Gasteiger partial charge on any atom is -0.282 e. The van der Waals surface area contributed by atoms with Gasteiger partial charge in [0.05, 0.1) is 11.4 Å². The van der Waals surface area contributed by atoms with E-state index in [1.165, 1.54) is 0 Å². The number of amidine groups is 1. The van der Waals surface area contributed by atoms with E-state index in [0.29, 0.717) is 22.2 Å². The van der Waals surface area contributed by atoms with Gasteiger partial charge in [-0.05, 0) is 36.4 Å². The van der Waals surface area contributed by atoms with Crippen LogP contribution in [-0.2, 0) is 0 Å². The molecule has 0 spiro atoms. The zero-order valence-electron chi connectivity index (χ0n) is 12.3. The van der Waals surface area contributed by atoms with Crippen molar-refractivity contribution in [2.24, 2.45) is 4.99 Å². The van der Waals surface area contributed by atoms with E-state index in [1.807, 2.05) is 72.8 Å². The topological polar surface area (TPSA) is 35.8 Å². The van der Waals surface area contributed by atoms with E-state index < -0.39 is 0 Å². The molecule has 4 heteroatoms. The molecule has 0 saturated carbocycles. The van der Waals surface area contributed by atoms with Gasteiger partial charge in [-0.2, -0.15) is 0 Å². The van der Waals surface area contributed by atoms with Crippen molar-refractivity contribution in [1.29, 1.82) is 0 Å². The summed E-state index contributed by atoms with van der Waals surface area (Å²) < 4.78 is 0. The van der Waals surface area contributed by atoms with Crippen LogP contribution in [0.1, 0.15) is 5.56 Å². The molecule has 0 bridgehead atoms. The number of hydroxylamine groups is 1. The standard InChI is InChI=1S/C19H15ClN2O/c20-16-11-13-17(14-12-16)21-19(15-7-3-1-4-8-15)22(23)18-9-5-2-6-10-18/h1-14,23H. The zero-order valence-corrected chi connectivity index (χ0v) is 13.1. The van der Waals surface area contributed by atoms with Crippen molar-refractivity contribution < 1.29 is 5.21 Å². The monoisotopic (exact) mass is 322 g/mol. The molecular formula is C19H15ClN2O. The van der Waals surface area contributed by atoms with E-state index in [9.17, 15) is 5.21 Å². The Balaban J connectivity index is 2.05. The van der Waals surface area contributed by atoms with Crippen LogP contribution in [0.2, 0.25) is 5.02 Å². The molecule has 114 valence electrons. The van der Waals surface area contributed by atoms with Crippen LogP contribution in [0.3, 0.4) is 0 Å². The summed E-state index contributed by atoms with van der Waals surface area (Å²) in [6, 6.07) is 26.0. The van der Waals surface area contributed by atoms with Gasteiger partial charge in [0, 0.05) is 10.6 Å². The summed E-state index contributed by atoms with van der Waals surface area (Å²) in [6.45, 7) is 0. The number of rotatable bonds is 3. The predicted octanol–water partition coefficient (Wildman–Crippen LogP) is 5.31. The second-order valence-corrected chi connectivity index (χ2v) is 5.36. The van der Waals surface area contributed by atoms with Crippen molar-refractivity contribution in [3.8, 4) is 0 Å². The maximum Gasteiger partial charge on any atom is 0.165 e. The van der Waals surface area contributed by atoms with Crippen LogP contribution >= 0.6 is 11.6 Å². The zero-order chi connectivity index (χ0) is 16.1. The lowest BCUT2D eigenvalue weighted by Crippen LogP contribution is -2.27. The molecule has 3 aromatic carbocycles. The van der Waals surface area contributed by atoms with Gasteiger partial charge in [-0.15, -0.1) is 0 Å². The number of hydrogen-bond acceptors (Lipinski definition) is 2. The quantitative estimate of drug-likeness (QED) is 0.403. The lowest BCUT2D eigenvalue weighted by molar-refractivity contribution is 0.313. The molecule has 0 amide bonds. The van der Waals surface area contributed by atoms with E-state index in [-0.39, 0.29) is 0 Å². The molecule has 0 aromatic heterocycles. The smallest absolute Gasteiger partial charge is 0.165 e. The summed E-state index contributed by atoms with van der Waals surface area (Å²) in [5, 5.41) is 12.4. The number of hydrogen-bond donors (Lipinski definition) is 1. The van der Waals surface area contributed by atoms with Crippen LogP contribution in [0.5, 0.6) is 0 Å². The normalized spacial score (nSPS) is 11.3. The molecule has 0 saturated heterocycles. The van der Waals surface area contributed by atoms with Crippen LogP contribution < -0.4 is 5.06 Å². The van der Waals surface area contributed by atoms with Crippen molar-refractivity contribution in [3.05, 3.63) is 95.5 Å². The summed E-state index contributed by atoms with van der Waals surface area (Å²) in [4.78, 5) is 4.58. The fourth-order valence-corrected chi connectivity index (χ4v) is 2.28. The van der Waals surface area contributed by atoms with E-state index in [0.717, 1.165) is 10.6 Å². The second-order valence-electron chi connectivity index (χ2n) is 4.93. The summed E-state index contributed by atoms with van der Waals surface area (Å²) in [5.74, 6) is 0.444. The first-order valence-electron chi connectivity index (χ1n) is 7.18. The van der Waals surface area contributed by atoms with Crippen LogP contribution in [0, 0.1) is 0 Å². The molecule has 0 radical (unpaired) electrons. The summed E-state index contributed by atoms with van der Waals surface area (Å²) >= 11 is 5.92. The molecule has 23 heavy (non-hydrogen) atoms. The third kappa shape index (κ3) is 3.77. The molecule has 0 atom stereocenters. The largest absolute Gasteiger partial charge is 0.282 e. The van der Waals surface area contributed by atoms with Crippen molar-refractivity contribution >= 4 is 28.8 Å². The average molecular weight is 323 g/mol. The van der Waals surface area contributed by atoms with Gasteiger partial charge >= 0.3 is 0 Å². The molecule has 3 nitrogen and oxygen atoms in total. The predicted molar refractivity (Wildman–Crippen MR) is 94.8 cm³/mol. The number of anilines is 1. The lowest BCUT2D eigenvalue weighted by atomic mass is 10.2. The van der Waals surface area contributed by atoms with Gasteiger partial charge in [0.1, 0.15) is 0 Å². The van der Waals surface area contributed by atoms with Gasteiger partial charge in [-0.25, -0.2) is 10.1 Å². The average Bonchev–Trinajstić information content (AvgIpc) is 2.62. The molecule has 0 fully saturated rings. The van der Waals surface area contributed by atoms with Crippen molar-refractivity contribution in [2.75, 3.05) is 5.06 Å². The third-order valence-corrected chi connectivity index (χ3v) is 3.55. The van der Waals surface area contributed by atoms with Gasteiger partial charge in [0.25, 0.3) is 0 Å². The Kier molecular flexibility index (Phi) is 4.71. The van der Waals surface area contributed by atoms with Gasteiger partial charge in [0.2, 0.25) is 0 Å². The molecule has 0 unspecified atom stereocenters. The summed E-state index contributed by atoms with van der Waals surface area (Å²) in [7, 11) is 0. The van der Waals surface area contributed by atoms with Gasteiger partial charge in [-0.3, -0.25) is 5.21 Å². The van der Waals surface area contributed by atoms with Gasteiger partial charge in [0.15, 0.2) is 5.84 Å². The molecular weight excluding hydrogens is 308 g/mol. The maximum atomic E-state index is 10.6. The Morgan fingerprint density at radius 2 is 1.35 bits per heavy atom. The van der Waals surface area contributed by atoms with Crippen molar-refractivity contribution in [1.82, 2.24) is 0 Å². The number of nitrogens with zero attached hydrogens (tertiary/aromatic N) is 2.